The predicted molar refractivity (Wildman–Crippen MR) is 44.0 cm³/mol. The van der Waals surface area contributed by atoms with Crippen molar-refractivity contribution in [2.75, 3.05) is 20.6 Å². The molecule has 0 atom stereocenters. The summed E-state index contributed by atoms with van der Waals surface area (Å²) < 4.78 is 0. The second kappa shape index (κ2) is 5.40. The van der Waals surface area contributed by atoms with Gasteiger partial charge in [-0.3, -0.25) is 4.79 Å². The lowest BCUT2D eigenvalue weighted by atomic mass is 10.3. The molecule has 0 saturated heterocycles. The van der Waals surface area contributed by atoms with Crippen LogP contribution < -0.4 is 5.32 Å². The molecule has 2 amide bonds. The number of carbonyl (C=O) groups excluding carboxylic acids is 1. The maximum atomic E-state index is 10.9. The summed E-state index contributed by atoms with van der Waals surface area (Å²) in [5.41, 5.74) is 0. The molecule has 0 aromatic heterocycles. The lowest BCUT2D eigenvalue weighted by molar-refractivity contribution is -0.137. The second-order valence-corrected chi connectivity index (χ2v) is 2.47. The van der Waals surface area contributed by atoms with Gasteiger partial charge in [0.25, 0.3) is 0 Å². The number of carboxylic acid groups (broad SMARTS) is 1. The van der Waals surface area contributed by atoms with Crippen LogP contribution in [0.5, 0.6) is 0 Å². The summed E-state index contributed by atoms with van der Waals surface area (Å²) in [6, 6.07) is -0.194. The number of carbonyl (C=O) groups is 2. The molecule has 0 aromatic rings. The number of amides is 2. The summed E-state index contributed by atoms with van der Waals surface area (Å²) in [5, 5.41) is 10.7. The van der Waals surface area contributed by atoms with Crippen molar-refractivity contribution in [1.82, 2.24) is 10.2 Å². The Balaban J connectivity index is 3.50. The van der Waals surface area contributed by atoms with Crippen molar-refractivity contribution in [2.24, 2.45) is 0 Å². The number of nitrogens with zero attached hydrogens (tertiary/aromatic N) is 1. The van der Waals surface area contributed by atoms with Gasteiger partial charge in [0.1, 0.15) is 0 Å². The average molecular weight is 174 g/mol. The maximum absolute atomic E-state index is 10.9. The van der Waals surface area contributed by atoms with Crippen LogP contribution in [-0.4, -0.2) is 42.6 Å². The third kappa shape index (κ3) is 4.54. The van der Waals surface area contributed by atoms with Gasteiger partial charge in [0.15, 0.2) is 0 Å². The quantitative estimate of drug-likeness (QED) is 0.636. The van der Waals surface area contributed by atoms with Gasteiger partial charge in [-0.2, -0.15) is 0 Å². The van der Waals surface area contributed by atoms with Crippen LogP contribution in [0, 0.1) is 0 Å². The van der Waals surface area contributed by atoms with Crippen LogP contribution in [0.15, 0.2) is 0 Å². The van der Waals surface area contributed by atoms with Crippen molar-refractivity contribution in [3.8, 4) is 0 Å². The van der Waals surface area contributed by atoms with Crippen LogP contribution in [0.2, 0.25) is 0 Å². The van der Waals surface area contributed by atoms with Gasteiger partial charge in [0.05, 0.1) is 0 Å². The molecule has 2 N–H and O–H groups in total. The van der Waals surface area contributed by atoms with E-state index < -0.39 is 5.97 Å². The summed E-state index contributed by atoms with van der Waals surface area (Å²) in [6.07, 6.45) is 0.584. The number of urea groups is 1. The van der Waals surface area contributed by atoms with E-state index in [2.05, 4.69) is 5.32 Å². The van der Waals surface area contributed by atoms with Crippen LogP contribution in [-0.2, 0) is 4.79 Å². The van der Waals surface area contributed by atoms with E-state index in [0.29, 0.717) is 13.0 Å². The zero-order valence-corrected chi connectivity index (χ0v) is 7.33. The van der Waals surface area contributed by atoms with E-state index in [9.17, 15) is 9.59 Å². The Kier molecular flexibility index (Phi) is 4.83. The minimum absolute atomic E-state index is 0.0985. The molecule has 0 bridgehead atoms. The molecule has 0 radical (unpaired) electrons. The zero-order valence-electron chi connectivity index (χ0n) is 7.33. The molecule has 0 heterocycles. The highest BCUT2D eigenvalue weighted by molar-refractivity contribution is 5.73. The molecule has 0 aliphatic rings. The number of hydrogen-bond donors (Lipinski definition) is 2. The van der Waals surface area contributed by atoms with Crippen molar-refractivity contribution in [2.45, 2.75) is 12.8 Å². The Morgan fingerprint density at radius 1 is 1.50 bits per heavy atom. The highest BCUT2D eigenvalue weighted by atomic mass is 16.4. The van der Waals surface area contributed by atoms with Gasteiger partial charge in [-0.05, 0) is 6.42 Å². The highest BCUT2D eigenvalue weighted by Gasteiger charge is 2.05. The molecule has 0 saturated carbocycles. The minimum atomic E-state index is -0.833. The van der Waals surface area contributed by atoms with Crippen molar-refractivity contribution in [1.29, 1.82) is 0 Å². The fourth-order valence-electron chi connectivity index (χ4n) is 0.760. The first-order valence-corrected chi connectivity index (χ1v) is 3.72. The van der Waals surface area contributed by atoms with Crippen LogP contribution in [0.25, 0.3) is 0 Å². The van der Waals surface area contributed by atoms with Gasteiger partial charge < -0.3 is 15.3 Å². The minimum Gasteiger partial charge on any atom is -0.481 e. The summed E-state index contributed by atoms with van der Waals surface area (Å²) in [6.45, 7) is 0.464. The molecule has 0 fully saturated rings. The molecular weight excluding hydrogens is 160 g/mol. The number of hydrogen-bond acceptors (Lipinski definition) is 2. The number of aliphatic carboxylic acids is 1. The third-order valence-corrected chi connectivity index (χ3v) is 1.44. The van der Waals surface area contributed by atoms with Gasteiger partial charge >= 0.3 is 12.0 Å². The Morgan fingerprint density at radius 2 is 2.08 bits per heavy atom. The third-order valence-electron chi connectivity index (χ3n) is 1.44. The number of nitrogens with one attached hydrogen (secondary N) is 1. The Labute approximate surface area is 71.4 Å². The van der Waals surface area contributed by atoms with Crippen LogP contribution in [0.1, 0.15) is 12.8 Å². The molecule has 0 unspecified atom stereocenters. The standard InChI is InChI=1S/C7H14N2O3/c1-8-7(12)9(2)5-3-4-6(10)11/h3-5H2,1-2H3,(H,8,12)(H,10,11). The van der Waals surface area contributed by atoms with Crippen molar-refractivity contribution in [3.05, 3.63) is 0 Å². The molecule has 5 heteroatoms. The van der Waals surface area contributed by atoms with Gasteiger partial charge in [0, 0.05) is 27.1 Å². The van der Waals surface area contributed by atoms with Crippen molar-refractivity contribution < 1.29 is 14.7 Å². The first kappa shape index (κ1) is 10.7. The smallest absolute Gasteiger partial charge is 0.316 e. The maximum Gasteiger partial charge on any atom is 0.316 e. The molecule has 5 nitrogen and oxygen atoms in total. The van der Waals surface area contributed by atoms with E-state index in [1.54, 1.807) is 7.05 Å². The van der Waals surface area contributed by atoms with Gasteiger partial charge in [0.2, 0.25) is 0 Å². The van der Waals surface area contributed by atoms with Crippen molar-refractivity contribution in [3.63, 3.8) is 0 Å². The number of carboxylic acids is 1. The summed E-state index contributed by atoms with van der Waals surface area (Å²) in [5.74, 6) is -0.833. The average Bonchev–Trinajstić information content (AvgIpc) is 2.02. The predicted octanol–water partition coefficient (Wildman–Crippen LogP) is 0.122. The fourth-order valence-corrected chi connectivity index (χ4v) is 0.760. The first-order chi connectivity index (χ1) is 5.57. The first-order valence-electron chi connectivity index (χ1n) is 3.72. The van der Waals surface area contributed by atoms with Gasteiger partial charge in [-0.25, -0.2) is 4.79 Å². The molecule has 0 spiro atoms. The lowest BCUT2D eigenvalue weighted by Gasteiger charge is -2.15. The zero-order chi connectivity index (χ0) is 9.56. The van der Waals surface area contributed by atoms with Crippen LogP contribution >= 0.6 is 0 Å². The SMILES string of the molecule is CNC(=O)N(C)CCCC(=O)O. The molecule has 0 aliphatic carbocycles. The van der Waals surface area contributed by atoms with E-state index >= 15 is 0 Å². The van der Waals surface area contributed by atoms with E-state index in [0.717, 1.165) is 0 Å². The molecule has 70 valence electrons. The van der Waals surface area contributed by atoms with Gasteiger partial charge in [-0.1, -0.05) is 0 Å². The van der Waals surface area contributed by atoms with Crippen LogP contribution in [0.3, 0.4) is 0 Å². The summed E-state index contributed by atoms with van der Waals surface area (Å²) >= 11 is 0. The number of rotatable bonds is 4. The fraction of sp³-hybridized carbons (Fsp3) is 0.714. The monoisotopic (exact) mass is 174 g/mol. The van der Waals surface area contributed by atoms with E-state index in [4.69, 9.17) is 5.11 Å². The second-order valence-electron chi connectivity index (χ2n) is 2.47. The molecule has 0 aromatic carbocycles. The van der Waals surface area contributed by atoms with E-state index in [1.807, 2.05) is 0 Å². The van der Waals surface area contributed by atoms with Crippen molar-refractivity contribution >= 4 is 12.0 Å². The van der Waals surface area contributed by atoms with Crippen LogP contribution in [0.4, 0.5) is 4.79 Å². The Hall–Kier alpha value is -1.26. The molecular formula is C7H14N2O3. The summed E-state index contributed by atoms with van der Waals surface area (Å²) in [4.78, 5) is 22.4. The molecule has 0 aliphatic heterocycles. The molecule has 0 rings (SSSR count). The molecule has 12 heavy (non-hydrogen) atoms. The largest absolute Gasteiger partial charge is 0.481 e. The van der Waals surface area contributed by atoms with Gasteiger partial charge in [-0.15, -0.1) is 0 Å². The summed E-state index contributed by atoms with van der Waals surface area (Å²) in [7, 11) is 3.16. The van der Waals surface area contributed by atoms with E-state index in [-0.39, 0.29) is 12.5 Å². The highest BCUT2D eigenvalue weighted by Crippen LogP contribution is 1.92. The lowest BCUT2D eigenvalue weighted by Crippen LogP contribution is -2.35. The normalized spacial score (nSPS) is 9.17. The topological polar surface area (TPSA) is 69.6 Å². The van der Waals surface area contributed by atoms with E-state index in [1.165, 1.54) is 11.9 Å². The Morgan fingerprint density at radius 3 is 2.50 bits per heavy atom. The Bertz CT molecular complexity index is 170.